The summed E-state index contributed by atoms with van der Waals surface area (Å²) in [6.07, 6.45) is 7.58. The second-order valence-electron chi connectivity index (χ2n) is 6.49. The summed E-state index contributed by atoms with van der Waals surface area (Å²) in [5, 5.41) is 3.30. The van der Waals surface area contributed by atoms with Gasteiger partial charge in [-0.25, -0.2) is 0 Å². The average molecular weight is 300 g/mol. The van der Waals surface area contributed by atoms with Crippen molar-refractivity contribution < 1.29 is 9.59 Å². The number of nitrogens with one attached hydrogen (secondary N) is 1. The second-order valence-corrected chi connectivity index (χ2v) is 6.49. The molecular formula is C18H24N2O2. The molecule has 1 aromatic carbocycles. The lowest BCUT2D eigenvalue weighted by molar-refractivity contribution is 0.0633. The van der Waals surface area contributed by atoms with Crippen LogP contribution in [0, 0.1) is 5.92 Å². The predicted molar refractivity (Wildman–Crippen MR) is 85.8 cm³/mol. The van der Waals surface area contributed by atoms with Crippen LogP contribution in [0.25, 0.3) is 0 Å². The molecule has 4 heteroatoms. The Morgan fingerprint density at radius 3 is 2.23 bits per heavy atom. The van der Waals surface area contributed by atoms with Gasteiger partial charge in [-0.2, -0.15) is 0 Å². The zero-order valence-electron chi connectivity index (χ0n) is 13.2. The van der Waals surface area contributed by atoms with Crippen molar-refractivity contribution >= 4 is 11.8 Å². The molecule has 118 valence electrons. The van der Waals surface area contributed by atoms with Gasteiger partial charge in [-0.15, -0.1) is 0 Å². The number of hydrogen-bond donors (Lipinski definition) is 1. The van der Waals surface area contributed by atoms with E-state index in [9.17, 15) is 9.59 Å². The first-order valence-corrected chi connectivity index (χ1v) is 8.33. The molecule has 0 radical (unpaired) electrons. The van der Waals surface area contributed by atoms with Crippen molar-refractivity contribution in [2.45, 2.75) is 44.6 Å². The smallest absolute Gasteiger partial charge is 0.261 e. The summed E-state index contributed by atoms with van der Waals surface area (Å²) in [6.45, 7) is 0.472. The van der Waals surface area contributed by atoms with Gasteiger partial charge in [-0.1, -0.05) is 44.2 Å². The normalized spacial score (nSPS) is 20.3. The molecule has 1 aliphatic carbocycles. The third-order valence-electron chi connectivity index (χ3n) is 5.03. The fourth-order valence-corrected chi connectivity index (χ4v) is 3.73. The number of likely N-dealkylation sites (N-methyl/N-ethyl adjacent to an activating group) is 1. The standard InChI is InChI=1S/C18H24N2O2/c1-19-14(11-13-7-3-2-4-8-13)12-20-17(21)15-9-5-6-10-16(15)18(20)22/h5-6,9-10,13-14,19H,2-4,7-8,11-12H2,1H3/t14-/m0/s1. The van der Waals surface area contributed by atoms with Gasteiger partial charge < -0.3 is 5.32 Å². The van der Waals surface area contributed by atoms with Crippen LogP contribution in [0.2, 0.25) is 0 Å². The molecule has 0 saturated heterocycles. The van der Waals surface area contributed by atoms with Gasteiger partial charge in [0.1, 0.15) is 0 Å². The Labute approximate surface area is 131 Å². The number of fused-ring (bicyclic) bond motifs is 1. The van der Waals surface area contributed by atoms with E-state index in [1.165, 1.54) is 37.0 Å². The number of hydrogen-bond acceptors (Lipinski definition) is 3. The highest BCUT2D eigenvalue weighted by molar-refractivity contribution is 6.21. The van der Waals surface area contributed by atoms with Gasteiger partial charge in [0.2, 0.25) is 0 Å². The van der Waals surface area contributed by atoms with Gasteiger partial charge >= 0.3 is 0 Å². The molecular weight excluding hydrogens is 276 g/mol. The van der Waals surface area contributed by atoms with Crippen molar-refractivity contribution in [3.8, 4) is 0 Å². The van der Waals surface area contributed by atoms with Crippen molar-refractivity contribution in [3.63, 3.8) is 0 Å². The first-order valence-electron chi connectivity index (χ1n) is 8.33. The van der Waals surface area contributed by atoms with Gasteiger partial charge in [0.05, 0.1) is 11.1 Å². The number of rotatable bonds is 5. The Hall–Kier alpha value is -1.68. The predicted octanol–water partition coefficient (Wildman–Crippen LogP) is 2.84. The molecule has 1 aromatic rings. The van der Waals surface area contributed by atoms with Gasteiger partial charge in [0.25, 0.3) is 11.8 Å². The molecule has 0 bridgehead atoms. The lowest BCUT2D eigenvalue weighted by atomic mass is 9.84. The lowest BCUT2D eigenvalue weighted by Gasteiger charge is -2.28. The van der Waals surface area contributed by atoms with Crippen LogP contribution in [0.15, 0.2) is 24.3 Å². The van der Waals surface area contributed by atoms with Crippen molar-refractivity contribution in [1.29, 1.82) is 0 Å². The summed E-state index contributed by atoms with van der Waals surface area (Å²) in [7, 11) is 1.92. The molecule has 1 atom stereocenters. The van der Waals surface area contributed by atoms with Crippen LogP contribution in [-0.4, -0.2) is 36.3 Å². The molecule has 0 spiro atoms. The van der Waals surface area contributed by atoms with E-state index in [0.717, 1.165) is 12.3 Å². The molecule has 3 rings (SSSR count). The van der Waals surface area contributed by atoms with E-state index in [2.05, 4.69) is 5.32 Å². The second kappa shape index (κ2) is 6.61. The molecule has 1 N–H and O–H groups in total. The molecule has 22 heavy (non-hydrogen) atoms. The third kappa shape index (κ3) is 2.93. The minimum Gasteiger partial charge on any atom is -0.315 e. The molecule has 2 amide bonds. The maximum Gasteiger partial charge on any atom is 0.261 e. The van der Waals surface area contributed by atoms with Gasteiger partial charge in [-0.3, -0.25) is 14.5 Å². The molecule has 4 nitrogen and oxygen atoms in total. The summed E-state index contributed by atoms with van der Waals surface area (Å²) in [6, 6.07) is 7.29. The molecule has 2 aliphatic rings. The highest BCUT2D eigenvalue weighted by Gasteiger charge is 2.36. The van der Waals surface area contributed by atoms with E-state index in [1.807, 2.05) is 19.2 Å². The van der Waals surface area contributed by atoms with Crippen molar-refractivity contribution in [2.75, 3.05) is 13.6 Å². The first-order chi connectivity index (χ1) is 10.7. The number of carbonyl (C=O) groups is 2. The number of carbonyl (C=O) groups excluding carboxylic acids is 2. The third-order valence-corrected chi connectivity index (χ3v) is 5.03. The van der Waals surface area contributed by atoms with E-state index >= 15 is 0 Å². The average Bonchev–Trinajstić information content (AvgIpc) is 2.80. The van der Waals surface area contributed by atoms with Gasteiger partial charge in [0, 0.05) is 12.6 Å². The fraction of sp³-hybridized carbons (Fsp3) is 0.556. The molecule has 1 saturated carbocycles. The van der Waals surface area contributed by atoms with Crippen LogP contribution in [0.5, 0.6) is 0 Å². The van der Waals surface area contributed by atoms with Gasteiger partial charge in [0.15, 0.2) is 0 Å². The van der Waals surface area contributed by atoms with E-state index < -0.39 is 0 Å². The zero-order valence-corrected chi connectivity index (χ0v) is 13.2. The molecule has 1 aliphatic heterocycles. The molecule has 1 heterocycles. The topological polar surface area (TPSA) is 49.4 Å². The van der Waals surface area contributed by atoms with Crippen LogP contribution in [0.4, 0.5) is 0 Å². The van der Waals surface area contributed by atoms with E-state index in [1.54, 1.807) is 12.1 Å². The summed E-state index contributed by atoms with van der Waals surface area (Å²) < 4.78 is 0. The highest BCUT2D eigenvalue weighted by atomic mass is 16.2. The zero-order chi connectivity index (χ0) is 15.5. The lowest BCUT2D eigenvalue weighted by Crippen LogP contribution is -2.43. The quantitative estimate of drug-likeness (QED) is 0.851. The maximum atomic E-state index is 12.4. The van der Waals surface area contributed by atoms with Crippen LogP contribution >= 0.6 is 0 Å². The largest absolute Gasteiger partial charge is 0.315 e. The molecule has 0 aromatic heterocycles. The molecule has 0 unspecified atom stereocenters. The van der Waals surface area contributed by atoms with Crippen LogP contribution in [0.1, 0.15) is 59.2 Å². The molecule has 1 fully saturated rings. The Morgan fingerprint density at radius 1 is 1.09 bits per heavy atom. The Morgan fingerprint density at radius 2 is 1.68 bits per heavy atom. The SMILES string of the molecule is CN[C@@H](CC1CCCCC1)CN1C(=O)c2ccccc2C1=O. The van der Waals surface area contributed by atoms with Crippen molar-refractivity contribution in [1.82, 2.24) is 10.2 Å². The summed E-state index contributed by atoms with van der Waals surface area (Å²) in [5.74, 6) is 0.426. The van der Waals surface area contributed by atoms with Crippen LogP contribution < -0.4 is 5.32 Å². The van der Waals surface area contributed by atoms with Crippen LogP contribution in [-0.2, 0) is 0 Å². The number of imide groups is 1. The summed E-state index contributed by atoms with van der Waals surface area (Å²) >= 11 is 0. The van der Waals surface area contributed by atoms with Crippen molar-refractivity contribution in [3.05, 3.63) is 35.4 Å². The van der Waals surface area contributed by atoms with Crippen molar-refractivity contribution in [2.24, 2.45) is 5.92 Å². The Balaban J connectivity index is 1.67. The van der Waals surface area contributed by atoms with E-state index in [0.29, 0.717) is 17.7 Å². The Bertz CT molecular complexity index is 529. The first kappa shape index (κ1) is 15.2. The van der Waals surface area contributed by atoms with E-state index in [-0.39, 0.29) is 17.9 Å². The minimum atomic E-state index is -0.149. The monoisotopic (exact) mass is 300 g/mol. The summed E-state index contributed by atoms with van der Waals surface area (Å²) in [4.78, 5) is 26.3. The maximum absolute atomic E-state index is 12.4. The summed E-state index contributed by atoms with van der Waals surface area (Å²) in [5.41, 5.74) is 1.08. The Kier molecular flexibility index (Phi) is 4.57. The van der Waals surface area contributed by atoms with Gasteiger partial charge in [-0.05, 0) is 31.5 Å². The van der Waals surface area contributed by atoms with Crippen LogP contribution in [0.3, 0.4) is 0 Å². The van der Waals surface area contributed by atoms with E-state index in [4.69, 9.17) is 0 Å². The minimum absolute atomic E-state index is 0.149. The number of nitrogens with zero attached hydrogens (tertiary/aromatic N) is 1. The fourth-order valence-electron chi connectivity index (χ4n) is 3.73. The number of benzene rings is 1. The number of amides is 2. The highest BCUT2D eigenvalue weighted by Crippen LogP contribution is 2.28.